The molecule has 4 aliphatic carbocycles. The lowest BCUT2D eigenvalue weighted by atomic mass is 9.40. The number of carbonyl (C=O) groups is 5. The van der Waals surface area contributed by atoms with Crippen LogP contribution in [0.3, 0.4) is 0 Å². The zero-order valence-electron chi connectivity index (χ0n) is 38.6. The van der Waals surface area contributed by atoms with Crippen LogP contribution in [0.4, 0.5) is 0 Å². The molecule has 2 heterocycles. The summed E-state index contributed by atoms with van der Waals surface area (Å²) in [4.78, 5) is 67.5. The number of amides is 1. The number of ether oxygens (including phenoxy) is 6. The Morgan fingerprint density at radius 3 is 2.18 bits per heavy atom. The second-order valence-electron chi connectivity index (χ2n) is 20.5. The molecule has 0 radical (unpaired) electrons. The van der Waals surface area contributed by atoms with Gasteiger partial charge in [0.25, 0.3) is 0 Å². The Morgan fingerprint density at radius 1 is 0.851 bits per heavy atom. The molecular weight excluding hydrogens is 879 g/mol. The van der Waals surface area contributed by atoms with Gasteiger partial charge in [0, 0.05) is 25.2 Å². The average Bonchev–Trinajstić information content (AvgIpc) is 3.43. The summed E-state index contributed by atoms with van der Waals surface area (Å²) >= 11 is 0. The Kier molecular flexibility index (Phi) is 15.0. The van der Waals surface area contributed by atoms with E-state index in [1.54, 1.807) is 44.2 Å². The number of carboxylic acid groups (broad SMARTS) is 2. The van der Waals surface area contributed by atoms with Crippen molar-refractivity contribution in [1.29, 1.82) is 0 Å². The quantitative estimate of drug-likeness (QED) is 0.0541. The van der Waals surface area contributed by atoms with Crippen molar-refractivity contribution in [1.82, 2.24) is 5.32 Å². The van der Waals surface area contributed by atoms with Crippen LogP contribution in [0.25, 0.3) is 0 Å². The van der Waals surface area contributed by atoms with E-state index in [9.17, 15) is 59.7 Å². The first kappa shape index (κ1) is 50.8. The molecule has 4 saturated carbocycles. The molecule has 372 valence electrons. The van der Waals surface area contributed by atoms with E-state index in [0.29, 0.717) is 31.2 Å². The second-order valence-corrected chi connectivity index (χ2v) is 20.5. The molecule has 67 heavy (non-hydrogen) atoms. The van der Waals surface area contributed by atoms with Gasteiger partial charge in [-0.3, -0.25) is 24.0 Å². The molecule has 1 aromatic carbocycles. The number of hydrogen-bond acceptors (Lipinski definition) is 16. The normalized spacial score (nSPS) is 40.5. The van der Waals surface area contributed by atoms with Crippen molar-refractivity contribution >= 4 is 29.8 Å². The van der Waals surface area contributed by atoms with Crippen molar-refractivity contribution in [3.05, 3.63) is 48.0 Å². The average molecular weight is 946 g/mol. The number of carbonyl (C=O) groups excluding carboxylic acids is 3. The number of fused-ring (bicyclic) bond motifs is 3. The van der Waals surface area contributed by atoms with Crippen molar-refractivity contribution < 1.29 is 88.1 Å². The summed E-state index contributed by atoms with van der Waals surface area (Å²) in [5, 5.41) is 80.2. The van der Waals surface area contributed by atoms with Gasteiger partial charge in [-0.05, 0) is 85.7 Å². The van der Waals surface area contributed by atoms with Crippen molar-refractivity contribution in [3.63, 3.8) is 0 Å². The molecular formula is C48H67NO18. The van der Waals surface area contributed by atoms with Gasteiger partial charge < -0.3 is 69.5 Å². The Bertz CT molecular complexity index is 2000. The Hall–Kier alpha value is -4.05. The molecule has 7 rings (SSSR count). The topological polar surface area (TPSA) is 294 Å². The van der Waals surface area contributed by atoms with Gasteiger partial charge in [0.1, 0.15) is 43.2 Å². The van der Waals surface area contributed by atoms with Crippen LogP contribution in [-0.2, 0) is 52.4 Å². The van der Waals surface area contributed by atoms with Gasteiger partial charge in [0.05, 0.1) is 30.8 Å². The molecule has 19 nitrogen and oxygen atoms in total. The van der Waals surface area contributed by atoms with Crippen LogP contribution in [-0.4, -0.2) is 146 Å². The first-order valence-electron chi connectivity index (χ1n) is 23.4. The van der Waals surface area contributed by atoms with E-state index in [1.807, 2.05) is 6.92 Å². The number of rotatable bonds is 15. The molecule has 1 spiro atoms. The zero-order valence-corrected chi connectivity index (χ0v) is 38.6. The lowest BCUT2D eigenvalue weighted by molar-refractivity contribution is -0.351. The summed E-state index contributed by atoms with van der Waals surface area (Å²) in [6.07, 6.45) is -16.6. The molecule has 1 aromatic rings. The SMILES string of the molecule is C=C1[C@@H]2CC[C@H]3[C@]4(C)C[C@H](O[C@@H]5O[C@H](COC(C)=O)[C@@H](O[C@@H]6O[C@@H](C)[C@H](O)[C@@H](O)[C@H]6O)[C@H](OC(=O)CC(O)c6ccccc6)[C@H]5NC(=O)CC(C)C)CC(C(=O)O)(C(=O)O)[C@H]4CC[C@]3(C2)[C@H]1O. The van der Waals surface area contributed by atoms with E-state index in [4.69, 9.17) is 28.4 Å². The number of hydrogen-bond donors (Lipinski definition) is 8. The Morgan fingerprint density at radius 2 is 1.54 bits per heavy atom. The number of aliphatic hydroxyl groups is 5. The van der Waals surface area contributed by atoms with E-state index in [2.05, 4.69) is 11.9 Å². The minimum Gasteiger partial charge on any atom is -0.480 e. The van der Waals surface area contributed by atoms with Gasteiger partial charge in [0.2, 0.25) is 5.91 Å². The smallest absolute Gasteiger partial charge is 0.321 e. The van der Waals surface area contributed by atoms with Gasteiger partial charge in [-0.1, -0.05) is 57.7 Å². The Labute approximate surface area is 389 Å². The Balaban J connectivity index is 1.31. The second kappa shape index (κ2) is 19.7. The van der Waals surface area contributed by atoms with E-state index in [-0.39, 0.29) is 37.0 Å². The lowest BCUT2D eigenvalue weighted by Crippen LogP contribution is -2.69. The summed E-state index contributed by atoms with van der Waals surface area (Å²) in [7, 11) is 0. The molecule has 0 aromatic heterocycles. The maximum absolute atomic E-state index is 14.1. The van der Waals surface area contributed by atoms with Crippen LogP contribution in [0.1, 0.15) is 104 Å². The predicted octanol–water partition coefficient (Wildman–Crippen LogP) is 2.14. The first-order chi connectivity index (χ1) is 31.5. The van der Waals surface area contributed by atoms with Crippen LogP contribution < -0.4 is 5.32 Å². The van der Waals surface area contributed by atoms with Crippen LogP contribution in [0.15, 0.2) is 42.5 Å². The van der Waals surface area contributed by atoms with Crippen LogP contribution in [0.5, 0.6) is 0 Å². The minimum absolute atomic E-state index is 0.0618. The van der Waals surface area contributed by atoms with E-state index in [0.717, 1.165) is 12.5 Å². The molecule has 19 heteroatoms. The summed E-state index contributed by atoms with van der Waals surface area (Å²) < 4.78 is 37.0. The monoisotopic (exact) mass is 945 g/mol. The van der Waals surface area contributed by atoms with Crippen LogP contribution in [0, 0.1) is 39.9 Å². The van der Waals surface area contributed by atoms with Crippen LogP contribution >= 0.6 is 0 Å². The standard InChI is InChI=1S/C48H67NO18/c1-22(2)16-33(52)49-35-40(66-34(53)17-29(51)26-10-8-7-9-11-26)39(67-43-38(56)37(55)36(54)24(4)63-43)30(21-62-25(5)50)65-42(35)64-28-19-46(6)31-13-12-27-18-47(31,41(57)23(27)3)15-14-32(46)48(20-28,44(58)59)45(60)61/h7-11,22,24,27-32,35-43,51,54-57H,3,12-21H2,1-2,4-6H3,(H,49,52)(H,58,59)(H,60,61)/t24-,27+,28-,29?,30+,31-,32-,35+,36-,37+,38+,39+,40+,41-,42+,43-,46-,47+/m0/s1. The van der Waals surface area contributed by atoms with Crippen LogP contribution in [0.2, 0.25) is 0 Å². The third-order valence-electron chi connectivity index (χ3n) is 15.9. The summed E-state index contributed by atoms with van der Waals surface area (Å²) in [6, 6.07) is 6.69. The minimum atomic E-state index is -2.37. The number of aliphatic carboxylic acids is 2. The largest absolute Gasteiger partial charge is 0.480 e. The summed E-state index contributed by atoms with van der Waals surface area (Å²) in [5.41, 5.74) is -2.98. The van der Waals surface area contributed by atoms with Gasteiger partial charge in [-0.25, -0.2) is 0 Å². The van der Waals surface area contributed by atoms with E-state index >= 15 is 0 Å². The highest BCUT2D eigenvalue weighted by atomic mass is 16.7. The molecule has 18 atom stereocenters. The van der Waals surface area contributed by atoms with Gasteiger partial charge >= 0.3 is 23.9 Å². The third kappa shape index (κ3) is 9.52. The number of benzene rings is 1. The number of aliphatic hydroxyl groups excluding tert-OH is 5. The highest BCUT2D eigenvalue weighted by Crippen LogP contribution is 2.72. The molecule has 6 fully saturated rings. The van der Waals surface area contributed by atoms with Crippen molar-refractivity contribution in [2.45, 2.75) is 172 Å². The fourth-order valence-corrected chi connectivity index (χ4v) is 12.8. The molecule has 6 aliphatic rings. The van der Waals surface area contributed by atoms with Gasteiger partial charge in [-0.2, -0.15) is 0 Å². The van der Waals surface area contributed by atoms with E-state index < -0.39 is 151 Å². The molecule has 2 saturated heterocycles. The zero-order chi connectivity index (χ0) is 48.9. The third-order valence-corrected chi connectivity index (χ3v) is 15.9. The fourth-order valence-electron chi connectivity index (χ4n) is 12.8. The highest BCUT2D eigenvalue weighted by Gasteiger charge is 2.72. The lowest BCUT2D eigenvalue weighted by Gasteiger charge is -2.64. The molecule has 1 amide bonds. The number of esters is 2. The number of carboxylic acids is 2. The highest BCUT2D eigenvalue weighted by molar-refractivity contribution is 5.99. The maximum Gasteiger partial charge on any atom is 0.321 e. The molecule has 2 bridgehead atoms. The predicted molar refractivity (Wildman–Crippen MR) is 231 cm³/mol. The van der Waals surface area contributed by atoms with Gasteiger partial charge in [0.15, 0.2) is 24.1 Å². The molecule has 8 N–H and O–H groups in total. The van der Waals surface area contributed by atoms with Crippen molar-refractivity contribution in [2.75, 3.05) is 6.61 Å². The van der Waals surface area contributed by atoms with E-state index in [1.165, 1.54) is 6.92 Å². The fraction of sp³-hybridized carbons (Fsp3) is 0.729. The van der Waals surface area contributed by atoms with Gasteiger partial charge in [-0.15, -0.1) is 0 Å². The van der Waals surface area contributed by atoms with Crippen molar-refractivity contribution in [3.8, 4) is 0 Å². The summed E-state index contributed by atoms with van der Waals surface area (Å²) in [6.45, 7) is 11.6. The molecule has 2 aliphatic heterocycles. The van der Waals surface area contributed by atoms with Crippen molar-refractivity contribution in [2.24, 2.45) is 39.9 Å². The first-order valence-corrected chi connectivity index (χ1v) is 23.4. The maximum atomic E-state index is 14.1. The molecule has 1 unspecified atom stereocenters. The summed E-state index contributed by atoms with van der Waals surface area (Å²) in [5.74, 6) is -6.83. The number of nitrogens with one attached hydrogen (secondary N) is 1.